The maximum atomic E-state index is 12.1. The van der Waals surface area contributed by atoms with Gasteiger partial charge in [0, 0.05) is 23.1 Å². The summed E-state index contributed by atoms with van der Waals surface area (Å²) in [5.41, 5.74) is 0.444. The van der Waals surface area contributed by atoms with Crippen LogP contribution < -0.4 is 5.32 Å². The predicted molar refractivity (Wildman–Crippen MR) is 92.4 cm³/mol. The van der Waals surface area contributed by atoms with E-state index in [-0.39, 0.29) is 11.8 Å². The minimum absolute atomic E-state index is 0.188. The molecule has 0 spiro atoms. The Hall–Kier alpha value is -1.89. The average molecular weight is 397 g/mol. The molecule has 0 unspecified atom stereocenters. The van der Waals surface area contributed by atoms with E-state index in [0.717, 1.165) is 17.3 Å². The van der Waals surface area contributed by atoms with Crippen LogP contribution in [0.15, 0.2) is 28.7 Å². The summed E-state index contributed by atoms with van der Waals surface area (Å²) in [4.78, 5) is 38.0. The fourth-order valence-corrected chi connectivity index (χ4v) is 2.73. The summed E-state index contributed by atoms with van der Waals surface area (Å²) in [6.07, 6.45) is 1.11. The first-order valence-electron chi connectivity index (χ1n) is 7.94. The average Bonchev–Trinajstić information content (AvgIpc) is 3.08. The van der Waals surface area contributed by atoms with E-state index < -0.39 is 18.1 Å². The highest BCUT2D eigenvalue weighted by atomic mass is 79.9. The summed E-state index contributed by atoms with van der Waals surface area (Å²) in [5.74, 6) is -1.18. The molecule has 2 amide bonds. The molecule has 6 nitrogen and oxygen atoms in total. The Morgan fingerprint density at radius 1 is 1.12 bits per heavy atom. The lowest BCUT2D eigenvalue weighted by Crippen LogP contribution is -2.44. The highest BCUT2D eigenvalue weighted by molar-refractivity contribution is 9.10. The molecule has 1 fully saturated rings. The molecule has 7 heteroatoms. The Balaban J connectivity index is 1.85. The summed E-state index contributed by atoms with van der Waals surface area (Å²) in [6, 6.07) is 5.95. The van der Waals surface area contributed by atoms with Crippen molar-refractivity contribution in [2.75, 3.05) is 13.1 Å². The van der Waals surface area contributed by atoms with Crippen molar-refractivity contribution in [3.05, 3.63) is 34.3 Å². The lowest BCUT2D eigenvalue weighted by Gasteiger charge is -2.22. The molecule has 24 heavy (non-hydrogen) atoms. The fraction of sp³-hybridized carbons (Fsp3) is 0.471. The highest BCUT2D eigenvalue weighted by Gasteiger charge is 2.28. The van der Waals surface area contributed by atoms with Crippen LogP contribution in [0.25, 0.3) is 0 Å². The number of likely N-dealkylation sites (tertiary alicyclic amines) is 1. The van der Waals surface area contributed by atoms with Crippen molar-refractivity contribution in [3.8, 4) is 0 Å². The van der Waals surface area contributed by atoms with Gasteiger partial charge in [-0.1, -0.05) is 15.9 Å². The van der Waals surface area contributed by atoms with Crippen molar-refractivity contribution in [1.29, 1.82) is 0 Å². The van der Waals surface area contributed by atoms with Crippen LogP contribution in [0.1, 0.15) is 37.0 Å². The molecule has 1 aromatic carbocycles. The molecule has 1 heterocycles. The normalized spacial score (nSPS) is 16.4. The molecule has 2 rings (SSSR count). The van der Waals surface area contributed by atoms with Crippen LogP contribution in [-0.4, -0.2) is 47.9 Å². The van der Waals surface area contributed by atoms with Gasteiger partial charge in [0.2, 0.25) is 0 Å². The lowest BCUT2D eigenvalue weighted by molar-refractivity contribution is -0.159. The SMILES string of the molecule is C[C@H](NC(=O)c1ccc(Br)cc1)C(=O)O[C@@H](C)C(=O)N1CCCC1. The minimum Gasteiger partial charge on any atom is -0.451 e. The van der Waals surface area contributed by atoms with Crippen molar-refractivity contribution in [3.63, 3.8) is 0 Å². The molecule has 0 radical (unpaired) electrons. The van der Waals surface area contributed by atoms with Crippen LogP contribution in [0.5, 0.6) is 0 Å². The van der Waals surface area contributed by atoms with E-state index >= 15 is 0 Å². The number of hydrogen-bond acceptors (Lipinski definition) is 4. The van der Waals surface area contributed by atoms with E-state index in [4.69, 9.17) is 4.74 Å². The second kappa shape index (κ2) is 8.28. The van der Waals surface area contributed by atoms with Crippen LogP contribution in [0, 0.1) is 0 Å². The van der Waals surface area contributed by atoms with E-state index in [2.05, 4.69) is 21.2 Å². The maximum Gasteiger partial charge on any atom is 0.329 e. The predicted octanol–water partition coefficient (Wildman–Crippen LogP) is 2.12. The van der Waals surface area contributed by atoms with Crippen molar-refractivity contribution in [1.82, 2.24) is 10.2 Å². The zero-order valence-electron chi connectivity index (χ0n) is 13.8. The lowest BCUT2D eigenvalue weighted by atomic mass is 10.2. The van der Waals surface area contributed by atoms with Crippen LogP contribution in [0.2, 0.25) is 0 Å². The third-order valence-corrected chi connectivity index (χ3v) is 4.39. The molecule has 2 atom stereocenters. The van der Waals surface area contributed by atoms with Gasteiger partial charge in [0.05, 0.1) is 0 Å². The number of amides is 2. The second-order valence-corrected chi connectivity index (χ2v) is 6.73. The smallest absolute Gasteiger partial charge is 0.329 e. The van der Waals surface area contributed by atoms with Gasteiger partial charge in [-0.2, -0.15) is 0 Å². The highest BCUT2D eigenvalue weighted by Crippen LogP contribution is 2.12. The van der Waals surface area contributed by atoms with Crippen LogP contribution in [0.4, 0.5) is 0 Å². The number of benzene rings is 1. The summed E-state index contributed by atoms with van der Waals surface area (Å²) < 4.78 is 6.05. The molecule has 0 aromatic heterocycles. The van der Waals surface area contributed by atoms with Gasteiger partial charge < -0.3 is 15.0 Å². The molecule has 1 aliphatic heterocycles. The number of halogens is 1. The van der Waals surface area contributed by atoms with Gasteiger partial charge in [-0.05, 0) is 51.0 Å². The Bertz CT molecular complexity index is 612. The number of nitrogens with zero attached hydrogens (tertiary/aromatic N) is 1. The molecule has 0 bridgehead atoms. The van der Waals surface area contributed by atoms with Crippen molar-refractivity contribution in [2.45, 2.75) is 38.8 Å². The largest absolute Gasteiger partial charge is 0.451 e. The van der Waals surface area contributed by atoms with Gasteiger partial charge >= 0.3 is 5.97 Å². The standard InChI is InChI=1S/C17H21BrN2O4/c1-11(19-15(21)13-5-7-14(18)8-6-13)17(23)24-12(2)16(22)20-9-3-4-10-20/h5-8,11-12H,3-4,9-10H2,1-2H3,(H,19,21)/t11-,12-/m0/s1. The van der Waals surface area contributed by atoms with E-state index in [1.165, 1.54) is 6.92 Å². The Labute approximate surface area is 149 Å². The molecule has 0 saturated carbocycles. The molecular formula is C17H21BrN2O4. The van der Waals surface area contributed by atoms with Gasteiger partial charge in [-0.3, -0.25) is 9.59 Å². The minimum atomic E-state index is -0.845. The zero-order chi connectivity index (χ0) is 17.7. The van der Waals surface area contributed by atoms with Crippen LogP contribution in [-0.2, 0) is 14.3 Å². The maximum absolute atomic E-state index is 12.1. The van der Waals surface area contributed by atoms with Gasteiger partial charge in [0.1, 0.15) is 6.04 Å². The molecular weight excluding hydrogens is 376 g/mol. The van der Waals surface area contributed by atoms with Crippen LogP contribution in [0.3, 0.4) is 0 Å². The number of rotatable bonds is 5. The van der Waals surface area contributed by atoms with Gasteiger partial charge in [0.25, 0.3) is 11.8 Å². The first-order valence-corrected chi connectivity index (χ1v) is 8.73. The third kappa shape index (κ3) is 4.80. The zero-order valence-corrected chi connectivity index (χ0v) is 15.3. The Morgan fingerprint density at radius 2 is 1.71 bits per heavy atom. The van der Waals surface area contributed by atoms with Gasteiger partial charge in [0.15, 0.2) is 6.10 Å². The number of carbonyl (C=O) groups excluding carboxylic acids is 3. The number of hydrogen-bond donors (Lipinski definition) is 1. The third-order valence-electron chi connectivity index (χ3n) is 3.87. The van der Waals surface area contributed by atoms with Gasteiger partial charge in [-0.25, -0.2) is 4.79 Å². The summed E-state index contributed by atoms with van der Waals surface area (Å²) in [6.45, 7) is 4.50. The summed E-state index contributed by atoms with van der Waals surface area (Å²) in [5, 5.41) is 2.58. The second-order valence-electron chi connectivity index (χ2n) is 5.81. The molecule has 130 valence electrons. The number of ether oxygens (including phenoxy) is 1. The molecule has 1 N–H and O–H groups in total. The Morgan fingerprint density at radius 3 is 2.29 bits per heavy atom. The van der Waals surface area contributed by atoms with E-state index in [1.54, 1.807) is 36.1 Å². The van der Waals surface area contributed by atoms with Gasteiger partial charge in [-0.15, -0.1) is 0 Å². The monoisotopic (exact) mass is 396 g/mol. The quantitative estimate of drug-likeness (QED) is 0.773. The first-order chi connectivity index (χ1) is 11.4. The van der Waals surface area contributed by atoms with E-state index in [1.807, 2.05) is 0 Å². The van der Waals surface area contributed by atoms with E-state index in [9.17, 15) is 14.4 Å². The number of esters is 1. The first kappa shape index (κ1) is 18.4. The number of carbonyl (C=O) groups is 3. The fourth-order valence-electron chi connectivity index (χ4n) is 2.46. The number of nitrogens with one attached hydrogen (secondary N) is 1. The topological polar surface area (TPSA) is 75.7 Å². The molecule has 1 saturated heterocycles. The van der Waals surface area contributed by atoms with Crippen LogP contribution >= 0.6 is 15.9 Å². The summed E-state index contributed by atoms with van der Waals surface area (Å²) >= 11 is 3.30. The molecule has 1 aliphatic rings. The van der Waals surface area contributed by atoms with E-state index in [0.29, 0.717) is 18.7 Å². The molecule has 1 aromatic rings. The van der Waals surface area contributed by atoms with Crippen molar-refractivity contribution in [2.24, 2.45) is 0 Å². The summed E-state index contributed by atoms with van der Waals surface area (Å²) in [7, 11) is 0. The Kier molecular flexibility index (Phi) is 6.36. The van der Waals surface area contributed by atoms with Crippen molar-refractivity contribution < 1.29 is 19.1 Å². The molecule has 0 aliphatic carbocycles. The van der Waals surface area contributed by atoms with Crippen molar-refractivity contribution >= 4 is 33.7 Å².